The molecule has 0 aliphatic carbocycles. The second-order valence-electron chi connectivity index (χ2n) is 3.36. The molecule has 0 amide bonds. The predicted molar refractivity (Wildman–Crippen MR) is 74.2 cm³/mol. The zero-order chi connectivity index (χ0) is 13.3. The van der Waals surface area contributed by atoms with Crippen LogP contribution in [0.5, 0.6) is 0 Å². The molecule has 0 radical (unpaired) electrons. The van der Waals surface area contributed by atoms with Gasteiger partial charge in [0.1, 0.15) is 0 Å². The summed E-state index contributed by atoms with van der Waals surface area (Å²) in [5.41, 5.74) is 0. The molecule has 4 nitrogen and oxygen atoms in total. The molecule has 0 saturated carbocycles. The first kappa shape index (κ1) is 13.6. The molecule has 96 valence electrons. The Balaban J connectivity index is 2.45. The van der Waals surface area contributed by atoms with Gasteiger partial charge >= 0.3 is 0 Å². The maximum atomic E-state index is 12.3. The van der Waals surface area contributed by atoms with Gasteiger partial charge in [-0.15, -0.1) is 11.3 Å². The lowest BCUT2D eigenvalue weighted by Gasteiger charge is -2.16. The summed E-state index contributed by atoms with van der Waals surface area (Å²) in [6.07, 6.45) is 1.54. The lowest BCUT2D eigenvalue weighted by Crippen LogP contribution is -2.26. The molecule has 18 heavy (non-hydrogen) atoms. The van der Waals surface area contributed by atoms with Crippen LogP contribution in [0.3, 0.4) is 0 Å². The molecule has 1 heterocycles. The molecular weight excluding hydrogens is 315 g/mol. The van der Waals surface area contributed by atoms with Gasteiger partial charge in [0.25, 0.3) is 10.0 Å². The highest BCUT2D eigenvalue weighted by Gasteiger charge is 2.23. The lowest BCUT2D eigenvalue weighted by atomic mass is 10.4. The number of hydrogen-bond donors (Lipinski definition) is 0. The highest BCUT2D eigenvalue weighted by Crippen LogP contribution is 2.28. The van der Waals surface area contributed by atoms with Gasteiger partial charge in [0, 0.05) is 18.6 Å². The molecule has 0 bridgehead atoms. The number of hydrogen-bond acceptors (Lipinski definition) is 4. The van der Waals surface area contributed by atoms with Crippen LogP contribution in [0.25, 0.3) is 0 Å². The Kier molecular flexibility index (Phi) is 3.82. The van der Waals surface area contributed by atoms with E-state index in [0.717, 1.165) is 4.31 Å². The fraction of sp³-hybridized carbons (Fsp3) is 0.100. The molecule has 2 rings (SSSR count). The fourth-order valence-electron chi connectivity index (χ4n) is 1.27. The molecule has 0 saturated heterocycles. The van der Waals surface area contributed by atoms with Gasteiger partial charge in [-0.1, -0.05) is 23.2 Å². The minimum Gasteiger partial charge on any atom is -0.244 e. The number of nitrogens with zero attached hydrogens (tertiary/aromatic N) is 2. The summed E-state index contributed by atoms with van der Waals surface area (Å²) in [5.74, 6) is 0. The van der Waals surface area contributed by atoms with Crippen molar-refractivity contribution >= 4 is 49.7 Å². The number of anilines is 1. The van der Waals surface area contributed by atoms with Crippen molar-refractivity contribution in [1.29, 1.82) is 0 Å². The van der Waals surface area contributed by atoms with E-state index < -0.39 is 10.0 Å². The number of halogens is 2. The third-order valence-corrected chi connectivity index (χ3v) is 5.68. The second-order valence-corrected chi connectivity index (χ2v) is 7.02. The summed E-state index contributed by atoms with van der Waals surface area (Å²) in [5, 5.41) is 2.61. The average Bonchev–Trinajstić information content (AvgIpc) is 2.85. The van der Waals surface area contributed by atoms with Gasteiger partial charge in [-0.3, -0.25) is 0 Å². The van der Waals surface area contributed by atoms with Crippen molar-refractivity contribution in [3.05, 3.63) is 39.8 Å². The maximum Gasteiger partial charge on any atom is 0.265 e. The van der Waals surface area contributed by atoms with E-state index in [4.69, 9.17) is 23.2 Å². The third-order valence-electron chi connectivity index (χ3n) is 2.24. The summed E-state index contributed by atoms with van der Waals surface area (Å²) >= 11 is 12.8. The van der Waals surface area contributed by atoms with Gasteiger partial charge < -0.3 is 0 Å². The molecule has 0 aliphatic rings. The molecule has 0 atom stereocenters. The van der Waals surface area contributed by atoms with Crippen LogP contribution in [0.4, 0.5) is 5.13 Å². The topological polar surface area (TPSA) is 50.3 Å². The minimum atomic E-state index is -3.66. The van der Waals surface area contributed by atoms with Crippen molar-refractivity contribution in [1.82, 2.24) is 4.98 Å². The van der Waals surface area contributed by atoms with Gasteiger partial charge in [-0.2, -0.15) is 0 Å². The molecule has 1 aromatic heterocycles. The lowest BCUT2D eigenvalue weighted by molar-refractivity contribution is 0.594. The summed E-state index contributed by atoms with van der Waals surface area (Å²) in [7, 11) is -2.22. The minimum absolute atomic E-state index is 0.0783. The van der Waals surface area contributed by atoms with Crippen LogP contribution in [0.1, 0.15) is 0 Å². The van der Waals surface area contributed by atoms with Gasteiger partial charge in [-0.25, -0.2) is 17.7 Å². The Hall–Kier alpha value is -0.820. The van der Waals surface area contributed by atoms with E-state index in [9.17, 15) is 8.42 Å². The highest BCUT2D eigenvalue weighted by molar-refractivity contribution is 7.93. The first-order chi connectivity index (χ1) is 8.43. The van der Waals surface area contributed by atoms with Gasteiger partial charge in [0.15, 0.2) is 5.13 Å². The molecule has 0 unspecified atom stereocenters. The Labute approximate surface area is 119 Å². The zero-order valence-corrected chi connectivity index (χ0v) is 12.3. The molecule has 0 aliphatic heterocycles. The van der Waals surface area contributed by atoms with E-state index in [0.29, 0.717) is 10.2 Å². The summed E-state index contributed by atoms with van der Waals surface area (Å²) in [4.78, 5) is 4.03. The monoisotopic (exact) mass is 322 g/mol. The number of rotatable bonds is 3. The van der Waals surface area contributed by atoms with Crippen molar-refractivity contribution in [2.24, 2.45) is 0 Å². The molecule has 1 aromatic carbocycles. The summed E-state index contributed by atoms with van der Waals surface area (Å²) in [6.45, 7) is 0. The number of benzene rings is 1. The summed E-state index contributed by atoms with van der Waals surface area (Å²) < 4.78 is 25.7. The van der Waals surface area contributed by atoms with E-state index in [1.54, 1.807) is 11.6 Å². The first-order valence-electron chi connectivity index (χ1n) is 4.76. The van der Waals surface area contributed by atoms with Crippen LogP contribution in [-0.2, 0) is 10.0 Å². The zero-order valence-electron chi connectivity index (χ0n) is 9.17. The van der Waals surface area contributed by atoms with Crippen molar-refractivity contribution in [3.8, 4) is 0 Å². The molecule has 0 N–H and O–H groups in total. The van der Waals surface area contributed by atoms with Gasteiger partial charge in [0.05, 0.1) is 14.9 Å². The van der Waals surface area contributed by atoms with E-state index in [1.807, 2.05) is 0 Å². The first-order valence-corrected chi connectivity index (χ1v) is 7.84. The van der Waals surface area contributed by atoms with Gasteiger partial charge in [0.2, 0.25) is 0 Å². The van der Waals surface area contributed by atoms with E-state index in [1.165, 1.54) is 36.6 Å². The Bertz CT molecular complexity index is 657. The third kappa shape index (κ3) is 2.47. The molecule has 0 fully saturated rings. The van der Waals surface area contributed by atoms with Crippen LogP contribution in [0.15, 0.2) is 34.7 Å². The number of sulfonamides is 1. The van der Waals surface area contributed by atoms with Crippen molar-refractivity contribution in [2.45, 2.75) is 4.90 Å². The van der Waals surface area contributed by atoms with Gasteiger partial charge in [-0.05, 0) is 18.2 Å². The Morgan fingerprint density at radius 3 is 2.56 bits per heavy atom. The number of thiazole rings is 1. The average molecular weight is 323 g/mol. The van der Waals surface area contributed by atoms with Crippen LogP contribution in [0, 0.1) is 0 Å². The quantitative estimate of drug-likeness (QED) is 0.871. The number of aromatic nitrogens is 1. The molecule has 2 aromatic rings. The smallest absolute Gasteiger partial charge is 0.244 e. The van der Waals surface area contributed by atoms with E-state index in [2.05, 4.69) is 4.98 Å². The van der Waals surface area contributed by atoms with Crippen LogP contribution >= 0.6 is 34.5 Å². The van der Waals surface area contributed by atoms with Crippen LogP contribution < -0.4 is 4.31 Å². The Morgan fingerprint density at radius 1 is 1.28 bits per heavy atom. The largest absolute Gasteiger partial charge is 0.265 e. The van der Waals surface area contributed by atoms with Crippen molar-refractivity contribution in [2.75, 3.05) is 11.4 Å². The standard InChI is InChI=1S/C10H8Cl2N2O2S2/c1-14(10-13-4-5-17-10)18(15,16)7-2-3-8(11)9(12)6-7/h2-6H,1H3. The normalized spacial score (nSPS) is 11.5. The molecular formula is C10H8Cl2N2O2S2. The van der Waals surface area contributed by atoms with Crippen molar-refractivity contribution < 1.29 is 8.42 Å². The maximum absolute atomic E-state index is 12.3. The van der Waals surface area contributed by atoms with Crippen LogP contribution in [0.2, 0.25) is 10.0 Å². The van der Waals surface area contributed by atoms with E-state index >= 15 is 0 Å². The van der Waals surface area contributed by atoms with E-state index in [-0.39, 0.29) is 9.92 Å². The SMILES string of the molecule is CN(c1nccs1)S(=O)(=O)c1ccc(Cl)c(Cl)c1. The van der Waals surface area contributed by atoms with Crippen molar-refractivity contribution in [3.63, 3.8) is 0 Å². The second kappa shape index (κ2) is 5.05. The van der Waals surface area contributed by atoms with Crippen LogP contribution in [-0.4, -0.2) is 20.4 Å². The Morgan fingerprint density at radius 2 is 2.00 bits per heavy atom. The summed E-state index contributed by atoms with van der Waals surface area (Å²) in [6, 6.07) is 4.18. The fourth-order valence-corrected chi connectivity index (χ4v) is 3.65. The predicted octanol–water partition coefficient (Wildman–Crippen LogP) is 3.28. The highest BCUT2D eigenvalue weighted by atomic mass is 35.5. The molecule has 0 spiro atoms. The molecule has 8 heteroatoms.